The minimum atomic E-state index is -0.834. The third-order valence-electron chi connectivity index (χ3n) is 3.47. The highest BCUT2D eigenvalue weighted by Gasteiger charge is 2.34. The van der Waals surface area contributed by atoms with E-state index in [4.69, 9.17) is 5.11 Å². The van der Waals surface area contributed by atoms with Crippen molar-refractivity contribution >= 4 is 11.8 Å². The van der Waals surface area contributed by atoms with Gasteiger partial charge in [-0.1, -0.05) is 30.3 Å². The predicted octanol–water partition coefficient (Wildman–Crippen LogP) is 2.30. The van der Waals surface area contributed by atoms with Crippen LogP contribution in [-0.2, 0) is 16.0 Å². The van der Waals surface area contributed by atoms with Crippen LogP contribution in [-0.4, -0.2) is 16.9 Å². The summed E-state index contributed by atoms with van der Waals surface area (Å²) < 4.78 is 0. The van der Waals surface area contributed by atoms with Crippen molar-refractivity contribution in [2.75, 3.05) is 0 Å². The van der Waals surface area contributed by atoms with Crippen LogP contribution >= 0.6 is 0 Å². The van der Waals surface area contributed by atoms with Gasteiger partial charge in [-0.25, -0.2) is 0 Å². The Hall–Kier alpha value is -1.64. The molecule has 2 rings (SSSR count). The lowest BCUT2D eigenvalue weighted by atomic mass is 9.76. The standard InChI is InChI=1S/C14H16O3/c15-12-7-6-11(13(9-12)14(16)17)8-10-4-2-1-3-5-10/h1-5,11,13H,6-9H2,(H,16,17)/t11-,13+/m1/s1. The van der Waals surface area contributed by atoms with Gasteiger partial charge in [0, 0.05) is 12.8 Å². The lowest BCUT2D eigenvalue weighted by Crippen LogP contribution is -2.32. The van der Waals surface area contributed by atoms with Gasteiger partial charge in [0.15, 0.2) is 0 Å². The number of carbonyl (C=O) groups is 2. The molecule has 90 valence electrons. The van der Waals surface area contributed by atoms with Gasteiger partial charge < -0.3 is 5.11 Å². The fourth-order valence-electron chi connectivity index (χ4n) is 2.51. The van der Waals surface area contributed by atoms with Gasteiger partial charge in [0.25, 0.3) is 0 Å². The van der Waals surface area contributed by atoms with E-state index in [9.17, 15) is 9.59 Å². The predicted molar refractivity (Wildman–Crippen MR) is 63.6 cm³/mol. The summed E-state index contributed by atoms with van der Waals surface area (Å²) in [6.07, 6.45) is 2.18. The molecular formula is C14H16O3. The third kappa shape index (κ3) is 2.93. The molecule has 0 aromatic heterocycles. The Morgan fingerprint density at radius 3 is 2.65 bits per heavy atom. The number of benzene rings is 1. The van der Waals surface area contributed by atoms with Crippen molar-refractivity contribution in [1.82, 2.24) is 0 Å². The van der Waals surface area contributed by atoms with Crippen LogP contribution in [0.25, 0.3) is 0 Å². The molecule has 0 unspecified atom stereocenters. The van der Waals surface area contributed by atoms with E-state index in [-0.39, 0.29) is 18.1 Å². The van der Waals surface area contributed by atoms with E-state index in [0.29, 0.717) is 12.8 Å². The maximum absolute atomic E-state index is 11.3. The number of carboxylic acids is 1. The summed E-state index contributed by atoms with van der Waals surface area (Å²) in [5, 5.41) is 9.15. The van der Waals surface area contributed by atoms with Gasteiger partial charge in [-0.15, -0.1) is 0 Å². The Bertz CT molecular complexity index is 411. The van der Waals surface area contributed by atoms with Crippen LogP contribution in [0.3, 0.4) is 0 Å². The first kappa shape index (κ1) is 11.8. The average Bonchev–Trinajstić information content (AvgIpc) is 2.32. The van der Waals surface area contributed by atoms with E-state index in [1.165, 1.54) is 0 Å². The molecule has 1 saturated carbocycles. The first-order valence-corrected chi connectivity index (χ1v) is 5.95. The van der Waals surface area contributed by atoms with Crippen LogP contribution in [0, 0.1) is 11.8 Å². The summed E-state index contributed by atoms with van der Waals surface area (Å²) in [6, 6.07) is 9.88. The molecule has 1 aliphatic rings. The van der Waals surface area contributed by atoms with E-state index >= 15 is 0 Å². The zero-order chi connectivity index (χ0) is 12.3. The van der Waals surface area contributed by atoms with Crippen LogP contribution in [0.15, 0.2) is 30.3 Å². The van der Waals surface area contributed by atoms with E-state index in [2.05, 4.69) is 0 Å². The lowest BCUT2D eigenvalue weighted by molar-refractivity contribution is -0.147. The van der Waals surface area contributed by atoms with Crippen LogP contribution in [0.4, 0.5) is 0 Å². The molecule has 0 amide bonds. The lowest BCUT2D eigenvalue weighted by Gasteiger charge is -2.27. The second-order valence-electron chi connectivity index (χ2n) is 4.68. The SMILES string of the molecule is O=C1CC[C@H](Cc2ccccc2)[C@@H](C(=O)O)C1. The largest absolute Gasteiger partial charge is 0.481 e. The quantitative estimate of drug-likeness (QED) is 0.870. The number of aliphatic carboxylic acids is 1. The van der Waals surface area contributed by atoms with Crippen molar-refractivity contribution < 1.29 is 14.7 Å². The Kier molecular flexibility index (Phi) is 3.57. The fourth-order valence-corrected chi connectivity index (χ4v) is 2.51. The molecule has 17 heavy (non-hydrogen) atoms. The Morgan fingerprint density at radius 2 is 2.00 bits per heavy atom. The molecule has 0 aliphatic heterocycles. The van der Waals surface area contributed by atoms with Crippen LogP contribution in [0.1, 0.15) is 24.8 Å². The summed E-state index contributed by atoms with van der Waals surface area (Å²) in [5.41, 5.74) is 1.15. The van der Waals surface area contributed by atoms with Crippen LogP contribution < -0.4 is 0 Å². The number of rotatable bonds is 3. The summed E-state index contributed by atoms with van der Waals surface area (Å²) in [4.78, 5) is 22.5. The Labute approximate surface area is 100 Å². The molecule has 1 aromatic carbocycles. The maximum atomic E-state index is 11.3. The molecule has 1 fully saturated rings. The molecule has 1 N–H and O–H groups in total. The van der Waals surface area contributed by atoms with Gasteiger partial charge in [0.1, 0.15) is 5.78 Å². The maximum Gasteiger partial charge on any atom is 0.307 e. The highest BCUT2D eigenvalue weighted by molar-refractivity contribution is 5.85. The van der Waals surface area contributed by atoms with E-state index in [1.807, 2.05) is 30.3 Å². The first-order valence-electron chi connectivity index (χ1n) is 5.95. The van der Waals surface area contributed by atoms with Gasteiger partial charge in [-0.05, 0) is 24.3 Å². The van der Waals surface area contributed by atoms with Gasteiger partial charge in [0.05, 0.1) is 5.92 Å². The van der Waals surface area contributed by atoms with Crippen molar-refractivity contribution in [2.45, 2.75) is 25.7 Å². The average molecular weight is 232 g/mol. The monoisotopic (exact) mass is 232 g/mol. The molecule has 1 aliphatic carbocycles. The Morgan fingerprint density at radius 1 is 1.29 bits per heavy atom. The molecular weight excluding hydrogens is 216 g/mol. The van der Waals surface area contributed by atoms with Gasteiger partial charge in [0.2, 0.25) is 0 Å². The molecule has 3 nitrogen and oxygen atoms in total. The van der Waals surface area contributed by atoms with Crippen molar-refractivity contribution in [3.63, 3.8) is 0 Å². The van der Waals surface area contributed by atoms with Crippen molar-refractivity contribution in [2.24, 2.45) is 11.8 Å². The highest BCUT2D eigenvalue weighted by atomic mass is 16.4. The van der Waals surface area contributed by atoms with E-state index < -0.39 is 11.9 Å². The molecule has 2 atom stereocenters. The summed E-state index contributed by atoms with van der Waals surface area (Å²) in [6.45, 7) is 0. The first-order chi connectivity index (χ1) is 8.16. The highest BCUT2D eigenvalue weighted by Crippen LogP contribution is 2.31. The minimum absolute atomic E-state index is 0.0849. The van der Waals surface area contributed by atoms with Crippen LogP contribution in [0.5, 0.6) is 0 Å². The zero-order valence-electron chi connectivity index (χ0n) is 9.63. The number of carbonyl (C=O) groups excluding carboxylic acids is 1. The van der Waals surface area contributed by atoms with Gasteiger partial charge in [-0.3, -0.25) is 9.59 Å². The van der Waals surface area contributed by atoms with Gasteiger partial charge in [-0.2, -0.15) is 0 Å². The summed E-state index contributed by atoms with van der Waals surface area (Å²) in [5.74, 6) is -1.16. The topological polar surface area (TPSA) is 54.4 Å². The second-order valence-corrected chi connectivity index (χ2v) is 4.68. The second kappa shape index (κ2) is 5.13. The fraction of sp³-hybridized carbons (Fsp3) is 0.429. The van der Waals surface area contributed by atoms with Crippen molar-refractivity contribution in [3.8, 4) is 0 Å². The summed E-state index contributed by atoms with van der Waals surface area (Å²) in [7, 11) is 0. The molecule has 3 heteroatoms. The van der Waals surface area contributed by atoms with Crippen LogP contribution in [0.2, 0.25) is 0 Å². The molecule has 0 heterocycles. The molecule has 0 bridgehead atoms. The molecule has 0 radical (unpaired) electrons. The minimum Gasteiger partial charge on any atom is -0.481 e. The van der Waals surface area contributed by atoms with Gasteiger partial charge >= 0.3 is 5.97 Å². The van der Waals surface area contributed by atoms with E-state index in [0.717, 1.165) is 12.0 Å². The molecule has 0 spiro atoms. The number of Topliss-reactive ketones (excluding diaryl/α,β-unsaturated/α-hetero) is 1. The normalized spacial score (nSPS) is 24.6. The smallest absolute Gasteiger partial charge is 0.307 e. The number of carboxylic acid groups (broad SMARTS) is 1. The summed E-state index contributed by atoms with van der Waals surface area (Å²) >= 11 is 0. The number of hydrogen-bond acceptors (Lipinski definition) is 2. The van der Waals surface area contributed by atoms with Crippen molar-refractivity contribution in [1.29, 1.82) is 0 Å². The van der Waals surface area contributed by atoms with Crippen molar-refractivity contribution in [3.05, 3.63) is 35.9 Å². The zero-order valence-corrected chi connectivity index (χ0v) is 9.63. The van der Waals surface area contributed by atoms with E-state index in [1.54, 1.807) is 0 Å². The number of ketones is 1. The number of hydrogen-bond donors (Lipinski definition) is 1. The molecule has 1 aromatic rings. The third-order valence-corrected chi connectivity index (χ3v) is 3.47. The Balaban J connectivity index is 2.08. The molecule has 0 saturated heterocycles.